The average molecular weight is 1700 g/mol. The summed E-state index contributed by atoms with van der Waals surface area (Å²) >= 11 is 0. The minimum atomic E-state index is -0.205. The Morgan fingerprint density at radius 2 is 0.586 bits per heavy atom. The van der Waals surface area contributed by atoms with Gasteiger partial charge in [-0.15, -0.1) is 0 Å². The molecule has 0 bridgehead atoms. The first kappa shape index (κ1) is 93.5. The summed E-state index contributed by atoms with van der Waals surface area (Å²) in [4.78, 5) is 4.84. The van der Waals surface area contributed by atoms with Gasteiger partial charge >= 0.3 is 0 Å². The number of fused-ring (bicyclic) bond motifs is 6. The maximum atomic E-state index is 7.17. The van der Waals surface area contributed by atoms with Crippen LogP contribution in [0.4, 0.5) is 34.1 Å². The van der Waals surface area contributed by atoms with Crippen LogP contribution in [0.5, 0.6) is 11.5 Å². The Balaban J connectivity index is 0.781. The minimum absolute atomic E-state index is 0.0123. The summed E-state index contributed by atoms with van der Waals surface area (Å²) in [5.41, 5.74) is 32.9. The quantitative estimate of drug-likeness (QED) is 0.0355. The van der Waals surface area contributed by atoms with E-state index in [2.05, 4.69) is 359 Å². The molecule has 0 aromatic heterocycles. The number of aryl methyl sites for hydroxylation is 2. The SMILES string of the molecule is C=Cc1ccc(CCCOc2cc(C(C)(C)C)c(OCCCc3ccc(C=C)cc3)cc2-c2ccc3c(c2)C(CCCCCCCC)(CCCCCCCC)c2cc(-c4ccc(N(c5ccccc5)c5ccc(N(c6ccccc6)c6ccc(-c7ccc8c(c7)C(CCCCCCCC)(CCCCCCCC)c7cc(C(C)(C)C)ccc7-8)cc6)cc5)cc4)ccc2-3)cc1. The van der Waals surface area contributed by atoms with Crippen molar-refractivity contribution in [2.45, 2.75) is 296 Å². The Morgan fingerprint density at radius 1 is 0.273 bits per heavy atom. The van der Waals surface area contributed by atoms with E-state index < -0.39 is 0 Å². The number of ether oxygens (including phenoxy) is 2. The van der Waals surface area contributed by atoms with Crippen molar-refractivity contribution in [3.05, 3.63) is 336 Å². The second-order valence-electron chi connectivity index (χ2n) is 39.4. The predicted molar refractivity (Wildman–Crippen MR) is 555 cm³/mol. The molecule has 0 spiro atoms. The van der Waals surface area contributed by atoms with Gasteiger partial charge in [-0.3, -0.25) is 0 Å². The van der Waals surface area contributed by atoms with E-state index >= 15 is 0 Å². The van der Waals surface area contributed by atoms with Gasteiger partial charge in [0, 0.05) is 56.1 Å². The fraction of sp³-hybridized carbons (Fsp3) is 0.387. The number of para-hydroxylation sites is 2. The topological polar surface area (TPSA) is 24.9 Å². The highest BCUT2D eigenvalue weighted by Crippen LogP contribution is 2.59. The Bertz CT molecular complexity index is 5470. The van der Waals surface area contributed by atoms with Gasteiger partial charge in [0.25, 0.3) is 0 Å². The summed E-state index contributed by atoms with van der Waals surface area (Å²) in [6.45, 7) is 32.6. The maximum Gasteiger partial charge on any atom is 0.127 e. The zero-order valence-corrected chi connectivity index (χ0v) is 79.7. The number of hydrogen-bond donors (Lipinski definition) is 0. The van der Waals surface area contributed by atoms with E-state index in [1.165, 1.54) is 245 Å². The molecule has 4 heteroatoms. The summed E-state index contributed by atoms with van der Waals surface area (Å²) in [5, 5.41) is 0. The second-order valence-corrected chi connectivity index (χ2v) is 39.4. The molecule has 0 N–H and O–H groups in total. The van der Waals surface area contributed by atoms with Crippen LogP contribution in [-0.4, -0.2) is 13.2 Å². The Kier molecular flexibility index (Phi) is 32.9. The van der Waals surface area contributed by atoms with Crippen LogP contribution in [0, 0.1) is 0 Å². The fourth-order valence-electron chi connectivity index (χ4n) is 20.7. The normalized spacial score (nSPS) is 12.9. The van der Waals surface area contributed by atoms with Crippen LogP contribution in [0.1, 0.15) is 317 Å². The zero-order valence-electron chi connectivity index (χ0n) is 79.7. The van der Waals surface area contributed by atoms with Gasteiger partial charge in [0.15, 0.2) is 0 Å². The monoisotopic (exact) mass is 1700 g/mol. The largest absolute Gasteiger partial charge is 0.493 e. The van der Waals surface area contributed by atoms with E-state index in [1.54, 1.807) is 11.1 Å². The van der Waals surface area contributed by atoms with Gasteiger partial charge in [-0.05, 0) is 265 Å². The lowest BCUT2D eigenvalue weighted by Crippen LogP contribution is -2.26. The summed E-state index contributed by atoms with van der Waals surface area (Å²) in [6.07, 6.45) is 42.9. The predicted octanol–water partition coefficient (Wildman–Crippen LogP) is 37.1. The van der Waals surface area contributed by atoms with Gasteiger partial charge in [-0.25, -0.2) is 0 Å². The number of rotatable bonds is 49. The van der Waals surface area contributed by atoms with Crippen LogP contribution in [0.15, 0.2) is 280 Å². The van der Waals surface area contributed by atoms with Crippen LogP contribution in [0.2, 0.25) is 0 Å². The van der Waals surface area contributed by atoms with E-state index in [1.807, 2.05) is 12.2 Å². The molecule has 0 saturated heterocycles. The molecule has 12 aromatic rings. The van der Waals surface area contributed by atoms with E-state index in [4.69, 9.17) is 9.47 Å². The molecule has 0 unspecified atom stereocenters. The molecule has 128 heavy (non-hydrogen) atoms. The third kappa shape index (κ3) is 22.8. The van der Waals surface area contributed by atoms with Crippen molar-refractivity contribution >= 4 is 46.3 Å². The maximum absolute atomic E-state index is 7.17. The number of anilines is 6. The van der Waals surface area contributed by atoms with Gasteiger partial charge in [0.05, 0.1) is 13.2 Å². The van der Waals surface area contributed by atoms with Crippen LogP contribution in [-0.2, 0) is 34.5 Å². The van der Waals surface area contributed by atoms with Crippen molar-refractivity contribution in [3.63, 3.8) is 0 Å². The van der Waals surface area contributed by atoms with E-state index in [0.717, 1.165) is 106 Å². The first-order valence-corrected chi connectivity index (χ1v) is 50.0. The van der Waals surface area contributed by atoms with Crippen molar-refractivity contribution in [2.75, 3.05) is 23.0 Å². The highest BCUT2D eigenvalue weighted by atomic mass is 16.5. The first-order chi connectivity index (χ1) is 62.5. The first-order valence-electron chi connectivity index (χ1n) is 50.0. The zero-order chi connectivity index (χ0) is 89.3. The molecule has 2 aliphatic carbocycles. The number of nitrogens with zero attached hydrogens (tertiary/aromatic N) is 2. The molecule has 0 fully saturated rings. The molecule has 0 aliphatic heterocycles. The fourth-order valence-corrected chi connectivity index (χ4v) is 20.7. The molecule has 14 rings (SSSR count). The van der Waals surface area contributed by atoms with E-state index in [9.17, 15) is 0 Å². The van der Waals surface area contributed by atoms with Crippen LogP contribution >= 0.6 is 0 Å². The molecule has 0 saturated carbocycles. The van der Waals surface area contributed by atoms with Crippen molar-refractivity contribution in [1.82, 2.24) is 0 Å². The van der Waals surface area contributed by atoms with Crippen LogP contribution in [0.25, 0.3) is 67.8 Å². The molecular weight excluding hydrogens is 1550 g/mol. The molecule has 4 nitrogen and oxygen atoms in total. The summed E-state index contributed by atoms with van der Waals surface area (Å²) in [5.74, 6) is 1.86. The van der Waals surface area contributed by atoms with Crippen LogP contribution < -0.4 is 19.3 Å². The van der Waals surface area contributed by atoms with Gasteiger partial charge in [0.1, 0.15) is 11.5 Å². The summed E-state index contributed by atoms with van der Waals surface area (Å²) in [6, 6.07) is 102. The molecule has 2 aliphatic rings. The van der Waals surface area contributed by atoms with Gasteiger partial charge in [-0.1, -0.05) is 412 Å². The molecule has 0 amide bonds. The minimum Gasteiger partial charge on any atom is -0.493 e. The Labute approximate surface area is 772 Å². The Morgan fingerprint density at radius 3 is 0.945 bits per heavy atom. The standard InChI is InChI=1S/C124H148N2O2/c1-13-19-23-27-31-41-81-123(82-42-32-28-24-20-14-2)114-87-99(65-77-109(114)111-79-67-101(89-116(111)123)113-91-120(128-86-46-48-96-59-55-94(18-6)56-60-96)118(122(10,11)12)92-119(113)127-85-45-47-95-57-53-93(17-5)54-58-95)97-61-69-105(70-62-97)125(103-49-37-35-38-50-103)107-73-75-108(76-74-107)126(104-51-39-36-40-52-104)106-71-63-98(64-72-106)100-66-78-110-112-80-68-102(121(7,8)9)90-117(112)124(115(110)88-100,83-43-33-29-25-21-15-3)84-44-34-30-26-22-16-4/h17-18,35-40,49-80,87-92H,5-6,13-16,19-34,41-48,81-86H2,1-4,7-12H3. The third-order valence-corrected chi connectivity index (χ3v) is 28.1. The van der Waals surface area contributed by atoms with Crippen molar-refractivity contribution in [2.24, 2.45) is 0 Å². The van der Waals surface area contributed by atoms with Gasteiger partial charge < -0.3 is 19.3 Å². The molecule has 0 radical (unpaired) electrons. The second kappa shape index (κ2) is 45.0. The number of unbranched alkanes of at least 4 members (excludes halogenated alkanes) is 20. The summed E-state index contributed by atoms with van der Waals surface area (Å²) < 4.78 is 14.2. The molecule has 12 aromatic carbocycles. The lowest BCUT2D eigenvalue weighted by molar-refractivity contribution is 0.296. The third-order valence-electron chi connectivity index (χ3n) is 28.1. The highest BCUT2D eigenvalue weighted by Gasteiger charge is 2.45. The van der Waals surface area contributed by atoms with E-state index in [-0.39, 0.29) is 21.7 Å². The lowest BCUT2D eigenvalue weighted by atomic mass is 9.69. The van der Waals surface area contributed by atoms with Crippen molar-refractivity contribution in [1.29, 1.82) is 0 Å². The highest BCUT2D eigenvalue weighted by molar-refractivity contribution is 5.90. The average Bonchev–Trinajstić information content (AvgIpc) is 1.56. The van der Waals surface area contributed by atoms with Crippen molar-refractivity contribution < 1.29 is 9.47 Å². The smallest absolute Gasteiger partial charge is 0.127 e. The molecular formula is C124H148N2O2. The Hall–Kier alpha value is -10.7. The number of benzene rings is 12. The van der Waals surface area contributed by atoms with Crippen LogP contribution in [0.3, 0.4) is 0 Å². The number of hydrogen-bond acceptors (Lipinski definition) is 4. The molecule has 0 atom stereocenters. The van der Waals surface area contributed by atoms with Crippen molar-refractivity contribution in [3.8, 4) is 67.1 Å². The molecule has 0 heterocycles. The lowest BCUT2D eigenvalue weighted by Gasteiger charge is -2.34. The van der Waals surface area contributed by atoms with E-state index in [0.29, 0.717) is 13.2 Å². The molecule has 666 valence electrons. The van der Waals surface area contributed by atoms with Gasteiger partial charge in [0.2, 0.25) is 0 Å². The summed E-state index contributed by atoms with van der Waals surface area (Å²) in [7, 11) is 0. The van der Waals surface area contributed by atoms with Gasteiger partial charge in [-0.2, -0.15) is 0 Å².